The molecular weight excluding hydrogens is 405 g/mol. The van der Waals surface area contributed by atoms with E-state index >= 15 is 4.39 Å². The first-order valence-electron chi connectivity index (χ1n) is 10.1. The minimum atomic E-state index is -0.308. The summed E-state index contributed by atoms with van der Waals surface area (Å²) in [5.41, 5.74) is 3.21. The standard InChI is InChI=1S/C21H25ClFN7/c1-14(2)9-15-10-18(23)20(21-25-27-28-26-21)19(11-15)30-7-5-29(6-8-30)13-17-4-3-16(22)12-24-17/h3-4,10-12,14H,5-9,13H2,1-2H3,(H,25,26,27,28). The molecule has 1 aromatic carbocycles. The lowest BCUT2D eigenvalue weighted by atomic mass is 9.98. The average molecular weight is 430 g/mol. The molecule has 2 aromatic heterocycles. The van der Waals surface area contributed by atoms with Gasteiger partial charge in [-0.3, -0.25) is 9.88 Å². The SMILES string of the molecule is CC(C)Cc1cc(F)c(-c2nn[nH]n2)c(N2CCN(Cc3ccc(Cl)cn3)CC2)c1. The van der Waals surface area contributed by atoms with Gasteiger partial charge in [0.05, 0.1) is 22.0 Å². The normalized spacial score (nSPS) is 15.2. The average Bonchev–Trinajstić information content (AvgIpc) is 3.24. The number of anilines is 1. The molecule has 1 saturated heterocycles. The molecule has 1 aliphatic heterocycles. The summed E-state index contributed by atoms with van der Waals surface area (Å²) in [6.45, 7) is 8.30. The lowest BCUT2D eigenvalue weighted by Gasteiger charge is -2.37. The number of aromatic nitrogens is 5. The van der Waals surface area contributed by atoms with Crippen molar-refractivity contribution in [1.29, 1.82) is 0 Å². The molecule has 30 heavy (non-hydrogen) atoms. The zero-order chi connectivity index (χ0) is 21.1. The summed E-state index contributed by atoms with van der Waals surface area (Å²) in [4.78, 5) is 8.94. The Morgan fingerprint density at radius 3 is 2.60 bits per heavy atom. The van der Waals surface area contributed by atoms with E-state index in [1.54, 1.807) is 12.3 Å². The van der Waals surface area contributed by atoms with Crippen LogP contribution in [-0.4, -0.2) is 56.7 Å². The van der Waals surface area contributed by atoms with E-state index in [0.717, 1.165) is 56.1 Å². The summed E-state index contributed by atoms with van der Waals surface area (Å²) in [6.07, 6.45) is 2.49. The predicted molar refractivity (Wildman–Crippen MR) is 115 cm³/mol. The molecular formula is C21H25ClFN7. The molecule has 0 spiro atoms. The molecule has 0 aliphatic carbocycles. The quantitative estimate of drug-likeness (QED) is 0.645. The number of hydrogen-bond acceptors (Lipinski definition) is 6. The molecule has 1 aliphatic rings. The van der Waals surface area contributed by atoms with Crippen molar-refractivity contribution >= 4 is 17.3 Å². The van der Waals surface area contributed by atoms with Crippen molar-refractivity contribution in [3.63, 3.8) is 0 Å². The summed E-state index contributed by atoms with van der Waals surface area (Å²) in [5, 5.41) is 14.7. The minimum absolute atomic E-state index is 0.284. The predicted octanol–water partition coefficient (Wildman–Crippen LogP) is 3.57. The monoisotopic (exact) mass is 429 g/mol. The van der Waals surface area contributed by atoms with Crippen LogP contribution in [0.5, 0.6) is 0 Å². The summed E-state index contributed by atoms with van der Waals surface area (Å²) >= 11 is 5.93. The minimum Gasteiger partial charge on any atom is -0.368 e. The molecule has 0 saturated carbocycles. The molecule has 0 amide bonds. The van der Waals surface area contributed by atoms with Gasteiger partial charge in [-0.15, -0.1) is 10.2 Å². The van der Waals surface area contributed by atoms with E-state index in [4.69, 9.17) is 11.6 Å². The number of tetrazole rings is 1. The van der Waals surface area contributed by atoms with Crippen LogP contribution < -0.4 is 4.90 Å². The molecule has 0 unspecified atom stereocenters. The van der Waals surface area contributed by atoms with Gasteiger partial charge in [-0.1, -0.05) is 25.4 Å². The topological polar surface area (TPSA) is 73.8 Å². The number of nitrogens with one attached hydrogen (secondary N) is 1. The first kappa shape index (κ1) is 20.7. The van der Waals surface area contributed by atoms with Gasteiger partial charge in [0.15, 0.2) is 0 Å². The van der Waals surface area contributed by atoms with Gasteiger partial charge in [0.2, 0.25) is 5.82 Å². The Kier molecular flexibility index (Phi) is 6.24. The zero-order valence-corrected chi connectivity index (χ0v) is 17.9. The Hall–Kier alpha value is -2.58. The maximum absolute atomic E-state index is 15.1. The molecule has 3 heterocycles. The Bertz CT molecular complexity index is 968. The van der Waals surface area contributed by atoms with Crippen LogP contribution in [0.4, 0.5) is 10.1 Å². The molecule has 158 valence electrons. The molecule has 1 fully saturated rings. The van der Waals surface area contributed by atoms with Crippen LogP contribution in [0.2, 0.25) is 5.02 Å². The fourth-order valence-corrected chi connectivity index (χ4v) is 3.96. The van der Waals surface area contributed by atoms with Crippen LogP contribution in [0.1, 0.15) is 25.1 Å². The molecule has 7 nitrogen and oxygen atoms in total. The number of halogens is 2. The van der Waals surface area contributed by atoms with E-state index in [-0.39, 0.29) is 11.6 Å². The largest absolute Gasteiger partial charge is 0.368 e. The van der Waals surface area contributed by atoms with E-state index in [2.05, 4.69) is 55.3 Å². The Balaban J connectivity index is 1.54. The van der Waals surface area contributed by atoms with Gasteiger partial charge in [0.25, 0.3) is 0 Å². The maximum Gasteiger partial charge on any atom is 0.209 e. The molecule has 0 bridgehead atoms. The van der Waals surface area contributed by atoms with Crippen molar-refractivity contribution in [1.82, 2.24) is 30.5 Å². The highest BCUT2D eigenvalue weighted by Gasteiger charge is 2.24. The second-order valence-electron chi connectivity index (χ2n) is 8.04. The van der Waals surface area contributed by atoms with Gasteiger partial charge in [-0.2, -0.15) is 5.21 Å². The fourth-order valence-electron chi connectivity index (χ4n) is 3.85. The van der Waals surface area contributed by atoms with Crippen molar-refractivity contribution in [2.24, 2.45) is 5.92 Å². The van der Waals surface area contributed by atoms with Crippen molar-refractivity contribution in [3.05, 3.63) is 52.6 Å². The van der Waals surface area contributed by atoms with Gasteiger partial charge in [0.1, 0.15) is 5.82 Å². The summed E-state index contributed by atoms with van der Waals surface area (Å²) in [7, 11) is 0. The van der Waals surface area contributed by atoms with Crippen LogP contribution in [0.3, 0.4) is 0 Å². The van der Waals surface area contributed by atoms with E-state index in [1.165, 1.54) is 0 Å². The number of nitrogens with zero attached hydrogens (tertiary/aromatic N) is 6. The second kappa shape index (κ2) is 9.06. The molecule has 3 aromatic rings. The van der Waals surface area contributed by atoms with E-state index in [0.29, 0.717) is 16.5 Å². The van der Waals surface area contributed by atoms with Crippen LogP contribution in [0, 0.1) is 11.7 Å². The molecule has 4 rings (SSSR count). The molecule has 9 heteroatoms. The second-order valence-corrected chi connectivity index (χ2v) is 8.47. The number of pyridine rings is 1. The van der Waals surface area contributed by atoms with E-state index < -0.39 is 0 Å². The number of rotatable bonds is 6. The van der Waals surface area contributed by atoms with Crippen molar-refractivity contribution < 1.29 is 4.39 Å². The van der Waals surface area contributed by atoms with Gasteiger partial charge >= 0.3 is 0 Å². The third kappa shape index (κ3) is 4.76. The Morgan fingerprint density at radius 1 is 1.17 bits per heavy atom. The zero-order valence-electron chi connectivity index (χ0n) is 17.1. The van der Waals surface area contributed by atoms with Gasteiger partial charge in [0, 0.05) is 38.9 Å². The summed E-state index contributed by atoms with van der Waals surface area (Å²) < 4.78 is 15.1. The smallest absolute Gasteiger partial charge is 0.209 e. The van der Waals surface area contributed by atoms with Crippen molar-refractivity contribution in [2.45, 2.75) is 26.8 Å². The molecule has 0 atom stereocenters. The number of benzene rings is 1. The molecule has 0 radical (unpaired) electrons. The van der Waals surface area contributed by atoms with E-state index in [9.17, 15) is 0 Å². The number of piperazine rings is 1. The third-order valence-corrected chi connectivity index (χ3v) is 5.45. The van der Waals surface area contributed by atoms with Crippen LogP contribution in [0.15, 0.2) is 30.5 Å². The maximum atomic E-state index is 15.1. The lowest BCUT2D eigenvalue weighted by molar-refractivity contribution is 0.247. The van der Waals surface area contributed by atoms with E-state index in [1.807, 2.05) is 12.1 Å². The van der Waals surface area contributed by atoms with Gasteiger partial charge in [-0.25, -0.2) is 4.39 Å². The van der Waals surface area contributed by atoms with Gasteiger partial charge < -0.3 is 4.90 Å². The lowest BCUT2D eigenvalue weighted by Crippen LogP contribution is -2.46. The first-order chi connectivity index (χ1) is 14.5. The highest BCUT2D eigenvalue weighted by atomic mass is 35.5. The summed E-state index contributed by atoms with van der Waals surface area (Å²) in [5.74, 6) is 0.417. The highest BCUT2D eigenvalue weighted by molar-refractivity contribution is 6.30. The third-order valence-electron chi connectivity index (χ3n) is 5.23. The van der Waals surface area contributed by atoms with Crippen LogP contribution >= 0.6 is 11.6 Å². The Labute approximate surface area is 180 Å². The summed E-state index contributed by atoms with van der Waals surface area (Å²) in [6, 6.07) is 7.48. The number of aromatic amines is 1. The number of hydrogen-bond donors (Lipinski definition) is 1. The fraction of sp³-hybridized carbons (Fsp3) is 0.429. The van der Waals surface area contributed by atoms with Gasteiger partial charge in [-0.05, 0) is 47.4 Å². The Morgan fingerprint density at radius 2 is 1.97 bits per heavy atom. The van der Waals surface area contributed by atoms with Crippen LogP contribution in [0.25, 0.3) is 11.4 Å². The number of H-pyrrole nitrogens is 1. The van der Waals surface area contributed by atoms with Crippen LogP contribution in [-0.2, 0) is 13.0 Å². The highest BCUT2D eigenvalue weighted by Crippen LogP contribution is 2.34. The first-order valence-corrected chi connectivity index (χ1v) is 10.5. The van der Waals surface area contributed by atoms with Crippen molar-refractivity contribution in [2.75, 3.05) is 31.1 Å². The molecule has 1 N–H and O–H groups in total. The van der Waals surface area contributed by atoms with Crippen molar-refractivity contribution in [3.8, 4) is 11.4 Å².